The maximum atomic E-state index is 6.10. The number of halogens is 1. The lowest BCUT2D eigenvalue weighted by molar-refractivity contribution is 0.509. The highest BCUT2D eigenvalue weighted by atomic mass is 35.5. The van der Waals surface area contributed by atoms with Gasteiger partial charge in [0.2, 0.25) is 0 Å². The summed E-state index contributed by atoms with van der Waals surface area (Å²) >= 11 is 8.00. The van der Waals surface area contributed by atoms with Crippen LogP contribution >= 0.6 is 23.4 Å². The molecule has 1 unspecified atom stereocenters. The average molecular weight is 292 g/mol. The quantitative estimate of drug-likeness (QED) is 0.940. The molecule has 1 aliphatic rings. The summed E-state index contributed by atoms with van der Waals surface area (Å²) in [5, 5.41) is 4.37. The van der Waals surface area contributed by atoms with Crippen LogP contribution in [0.3, 0.4) is 0 Å². The van der Waals surface area contributed by atoms with Gasteiger partial charge in [0.15, 0.2) is 0 Å². The minimum atomic E-state index is 0.357. The molecule has 0 bridgehead atoms. The lowest BCUT2D eigenvalue weighted by atomic mass is 10.0. The van der Waals surface area contributed by atoms with Gasteiger partial charge in [-0.3, -0.25) is 0 Å². The minimum Gasteiger partial charge on any atom is -0.306 e. The topological polar surface area (TPSA) is 37.8 Å². The number of rotatable bonds is 3. The first-order valence-corrected chi connectivity index (χ1v) is 7.59. The third-order valence-corrected chi connectivity index (χ3v) is 4.54. The van der Waals surface area contributed by atoms with Gasteiger partial charge >= 0.3 is 0 Å². The van der Waals surface area contributed by atoms with Crippen molar-refractivity contribution in [3.63, 3.8) is 0 Å². The fraction of sp³-hybridized carbons (Fsp3) is 0.286. The SMILES string of the molecule is Clc1ccc2c(c1)C(NCc1cncnc1)CCS2. The molecular weight excluding hydrogens is 278 g/mol. The van der Waals surface area contributed by atoms with Crippen molar-refractivity contribution in [2.75, 3.05) is 5.75 Å². The third-order valence-electron chi connectivity index (χ3n) is 3.18. The Morgan fingerprint density at radius 2 is 2.16 bits per heavy atom. The summed E-state index contributed by atoms with van der Waals surface area (Å²) in [6.45, 7) is 0.780. The van der Waals surface area contributed by atoms with Crippen LogP contribution in [-0.2, 0) is 6.54 Å². The zero-order chi connectivity index (χ0) is 13.1. The molecule has 3 rings (SSSR count). The van der Waals surface area contributed by atoms with Crippen LogP contribution in [0.25, 0.3) is 0 Å². The second kappa shape index (κ2) is 5.90. The highest BCUT2D eigenvalue weighted by molar-refractivity contribution is 7.99. The predicted molar refractivity (Wildman–Crippen MR) is 78.4 cm³/mol. The second-order valence-corrected chi connectivity index (χ2v) is 6.07. The van der Waals surface area contributed by atoms with Crippen molar-refractivity contribution in [1.29, 1.82) is 0 Å². The largest absolute Gasteiger partial charge is 0.306 e. The van der Waals surface area contributed by atoms with E-state index in [1.165, 1.54) is 10.5 Å². The van der Waals surface area contributed by atoms with Gasteiger partial charge in [-0.25, -0.2) is 9.97 Å². The number of nitrogens with one attached hydrogen (secondary N) is 1. The van der Waals surface area contributed by atoms with Crippen molar-refractivity contribution in [3.05, 3.63) is 53.1 Å². The van der Waals surface area contributed by atoms with E-state index in [0.29, 0.717) is 6.04 Å². The van der Waals surface area contributed by atoms with Crippen molar-refractivity contribution in [1.82, 2.24) is 15.3 Å². The van der Waals surface area contributed by atoms with Gasteiger partial charge in [-0.05, 0) is 35.9 Å². The van der Waals surface area contributed by atoms with Crippen LogP contribution < -0.4 is 5.32 Å². The zero-order valence-corrected chi connectivity index (χ0v) is 11.9. The van der Waals surface area contributed by atoms with E-state index in [9.17, 15) is 0 Å². The van der Waals surface area contributed by atoms with Crippen molar-refractivity contribution in [2.24, 2.45) is 0 Å². The molecular formula is C14H14ClN3S. The van der Waals surface area contributed by atoms with E-state index in [1.807, 2.05) is 30.2 Å². The van der Waals surface area contributed by atoms with Gasteiger partial charge in [-0.2, -0.15) is 0 Å². The summed E-state index contributed by atoms with van der Waals surface area (Å²) in [5.41, 5.74) is 2.41. The molecule has 5 heteroatoms. The molecule has 1 atom stereocenters. The highest BCUT2D eigenvalue weighted by Crippen LogP contribution is 2.37. The minimum absolute atomic E-state index is 0.357. The number of nitrogens with zero attached hydrogens (tertiary/aromatic N) is 2. The summed E-state index contributed by atoms with van der Waals surface area (Å²) in [7, 11) is 0. The fourth-order valence-corrected chi connectivity index (χ4v) is 3.53. The fourth-order valence-electron chi connectivity index (χ4n) is 2.24. The summed E-state index contributed by atoms with van der Waals surface area (Å²) < 4.78 is 0. The Balaban J connectivity index is 1.75. The standard InChI is InChI=1S/C14H14ClN3S/c15-11-1-2-14-12(5-11)13(3-4-19-14)18-8-10-6-16-9-17-7-10/h1-2,5-7,9,13,18H,3-4,8H2. The maximum absolute atomic E-state index is 6.10. The Morgan fingerprint density at radius 3 is 3.00 bits per heavy atom. The molecule has 19 heavy (non-hydrogen) atoms. The monoisotopic (exact) mass is 291 g/mol. The van der Waals surface area contributed by atoms with Crippen molar-refractivity contribution < 1.29 is 0 Å². The number of fused-ring (bicyclic) bond motifs is 1. The molecule has 0 saturated heterocycles. The third kappa shape index (κ3) is 3.08. The first kappa shape index (κ1) is 12.9. The number of aromatic nitrogens is 2. The van der Waals surface area contributed by atoms with Gasteiger partial charge in [0.05, 0.1) is 0 Å². The molecule has 0 saturated carbocycles. The van der Waals surface area contributed by atoms with Crippen LogP contribution in [0.4, 0.5) is 0 Å². The molecule has 1 aliphatic heterocycles. The number of hydrogen-bond donors (Lipinski definition) is 1. The summed E-state index contributed by atoms with van der Waals surface area (Å²) in [5.74, 6) is 1.14. The van der Waals surface area contributed by atoms with Crippen molar-refractivity contribution in [3.8, 4) is 0 Å². The molecule has 1 N–H and O–H groups in total. The molecule has 98 valence electrons. The Kier molecular flexibility index (Phi) is 4.01. The summed E-state index contributed by atoms with van der Waals surface area (Å²) in [6.07, 6.45) is 6.36. The van der Waals surface area contributed by atoms with E-state index in [0.717, 1.165) is 29.3 Å². The lowest BCUT2D eigenvalue weighted by Gasteiger charge is -2.26. The van der Waals surface area contributed by atoms with Crippen LogP contribution in [0.2, 0.25) is 5.02 Å². The van der Waals surface area contributed by atoms with E-state index in [-0.39, 0.29) is 0 Å². The van der Waals surface area contributed by atoms with E-state index in [2.05, 4.69) is 27.4 Å². The number of benzene rings is 1. The van der Waals surface area contributed by atoms with E-state index in [1.54, 1.807) is 6.33 Å². The Bertz CT molecular complexity index is 562. The van der Waals surface area contributed by atoms with Gasteiger partial charge in [0, 0.05) is 40.5 Å². The van der Waals surface area contributed by atoms with E-state index >= 15 is 0 Å². The molecule has 0 fully saturated rings. The Hall–Kier alpha value is -1.10. The highest BCUT2D eigenvalue weighted by Gasteiger charge is 2.20. The molecule has 0 spiro atoms. The van der Waals surface area contributed by atoms with Gasteiger partial charge in [-0.1, -0.05) is 11.6 Å². The smallest absolute Gasteiger partial charge is 0.115 e. The zero-order valence-electron chi connectivity index (χ0n) is 10.3. The van der Waals surface area contributed by atoms with Crippen molar-refractivity contribution >= 4 is 23.4 Å². The van der Waals surface area contributed by atoms with Gasteiger partial charge in [0.25, 0.3) is 0 Å². The first-order valence-electron chi connectivity index (χ1n) is 6.22. The van der Waals surface area contributed by atoms with Crippen molar-refractivity contribution in [2.45, 2.75) is 23.9 Å². The molecule has 1 aromatic carbocycles. The number of thioether (sulfide) groups is 1. The van der Waals surface area contributed by atoms with Gasteiger partial charge in [0.1, 0.15) is 6.33 Å². The summed E-state index contributed by atoms with van der Waals surface area (Å²) in [4.78, 5) is 9.39. The van der Waals surface area contributed by atoms with Crippen LogP contribution in [0, 0.1) is 0 Å². The Morgan fingerprint density at radius 1 is 1.32 bits per heavy atom. The Labute approximate surface area is 121 Å². The maximum Gasteiger partial charge on any atom is 0.115 e. The molecule has 1 aromatic heterocycles. The lowest BCUT2D eigenvalue weighted by Crippen LogP contribution is -2.24. The number of hydrogen-bond acceptors (Lipinski definition) is 4. The molecule has 0 radical (unpaired) electrons. The molecule has 0 amide bonds. The predicted octanol–water partition coefficient (Wildman–Crippen LogP) is 3.46. The van der Waals surface area contributed by atoms with Crippen LogP contribution in [0.5, 0.6) is 0 Å². The van der Waals surface area contributed by atoms with E-state index in [4.69, 9.17) is 11.6 Å². The first-order chi connectivity index (χ1) is 9.33. The van der Waals surface area contributed by atoms with E-state index < -0.39 is 0 Å². The van der Waals surface area contributed by atoms with Crippen LogP contribution in [-0.4, -0.2) is 15.7 Å². The second-order valence-electron chi connectivity index (χ2n) is 4.50. The normalized spacial score (nSPS) is 18.1. The van der Waals surface area contributed by atoms with Gasteiger partial charge < -0.3 is 5.32 Å². The molecule has 3 nitrogen and oxygen atoms in total. The molecule has 2 heterocycles. The van der Waals surface area contributed by atoms with Crippen LogP contribution in [0.1, 0.15) is 23.6 Å². The van der Waals surface area contributed by atoms with Crippen LogP contribution in [0.15, 0.2) is 41.8 Å². The van der Waals surface area contributed by atoms with Gasteiger partial charge in [-0.15, -0.1) is 11.8 Å². The molecule has 0 aliphatic carbocycles. The average Bonchev–Trinajstić information content (AvgIpc) is 2.46. The summed E-state index contributed by atoms with van der Waals surface area (Å²) in [6, 6.07) is 6.50. The molecule has 2 aromatic rings.